The fraction of sp³-hybridized carbons (Fsp3) is 0.357. The van der Waals surface area contributed by atoms with Crippen LogP contribution in [-0.4, -0.2) is 28.1 Å². The van der Waals surface area contributed by atoms with Crippen molar-refractivity contribution in [2.45, 2.75) is 27.2 Å². The normalized spacial score (nSPS) is 10.0. The van der Waals surface area contributed by atoms with Crippen molar-refractivity contribution in [3.63, 3.8) is 0 Å². The molecule has 1 aromatic rings. The Balaban J connectivity index is 3.16. The summed E-state index contributed by atoms with van der Waals surface area (Å²) in [6, 6.07) is 7.17. The van der Waals surface area contributed by atoms with Gasteiger partial charge in [0, 0.05) is 26.1 Å². The summed E-state index contributed by atoms with van der Waals surface area (Å²) in [7, 11) is 0. The highest BCUT2D eigenvalue weighted by atomic mass is 79.9. The minimum Gasteiger partial charge on any atom is -0.273 e. The van der Waals surface area contributed by atoms with E-state index in [0.29, 0.717) is 5.69 Å². The predicted molar refractivity (Wildman–Crippen MR) is 80.3 cm³/mol. The van der Waals surface area contributed by atoms with Crippen LogP contribution in [0.2, 0.25) is 0 Å². The molecule has 0 aliphatic rings. The Kier molecular flexibility index (Phi) is 5.88. The molecule has 3 amide bonds. The molecule has 0 radical (unpaired) electrons. The number of halogens is 1. The van der Waals surface area contributed by atoms with Crippen LogP contribution >= 0.6 is 15.9 Å². The van der Waals surface area contributed by atoms with E-state index in [9.17, 15) is 14.4 Å². The number of amides is 3. The second kappa shape index (κ2) is 7.19. The van der Waals surface area contributed by atoms with E-state index < -0.39 is 17.7 Å². The van der Waals surface area contributed by atoms with Crippen LogP contribution in [-0.2, 0) is 20.8 Å². The van der Waals surface area contributed by atoms with Gasteiger partial charge in [0.05, 0.1) is 5.69 Å². The number of benzene rings is 1. The zero-order valence-electron chi connectivity index (χ0n) is 11.7. The molecule has 1 rings (SSSR count). The molecule has 20 heavy (non-hydrogen) atoms. The second-order valence-corrected chi connectivity index (χ2v) is 5.08. The number of rotatable bonds is 3. The van der Waals surface area contributed by atoms with Crippen LogP contribution in [0, 0.1) is 0 Å². The topological polar surface area (TPSA) is 57.7 Å². The largest absolute Gasteiger partial charge is 0.273 e. The highest BCUT2D eigenvalue weighted by molar-refractivity contribution is 9.09. The van der Waals surface area contributed by atoms with Gasteiger partial charge >= 0.3 is 0 Å². The molecule has 0 fully saturated rings. The summed E-state index contributed by atoms with van der Waals surface area (Å²) < 4.78 is 0. The molecule has 0 atom stereocenters. The van der Waals surface area contributed by atoms with E-state index >= 15 is 0 Å². The van der Waals surface area contributed by atoms with Gasteiger partial charge in [-0.05, 0) is 24.1 Å². The molecule has 0 heterocycles. The van der Waals surface area contributed by atoms with Crippen LogP contribution in [0.5, 0.6) is 0 Å². The van der Waals surface area contributed by atoms with Crippen molar-refractivity contribution < 1.29 is 14.4 Å². The molecule has 0 saturated carbocycles. The zero-order valence-corrected chi connectivity index (χ0v) is 13.3. The van der Waals surface area contributed by atoms with Gasteiger partial charge in [0.15, 0.2) is 0 Å². The second-order valence-electron chi connectivity index (χ2n) is 4.29. The van der Waals surface area contributed by atoms with Gasteiger partial charge in [-0.15, -0.1) is 0 Å². The number of aryl methyl sites for hydroxylation is 1. The number of anilines is 1. The number of hydrazine groups is 1. The molecule has 0 spiro atoms. The number of nitrogens with zero attached hydrogens (tertiary/aromatic N) is 2. The molecule has 0 N–H and O–H groups in total. The lowest BCUT2D eigenvalue weighted by atomic mass is 10.1. The number of hydrogen-bond donors (Lipinski definition) is 0. The SMILES string of the molecule is CC(=O)N(C(C)=O)N(C(C)=O)c1ccc(CCBr)cc1. The molecular formula is C14H17BrN2O3. The lowest BCUT2D eigenvalue weighted by molar-refractivity contribution is -0.146. The van der Waals surface area contributed by atoms with Crippen molar-refractivity contribution in [2.75, 3.05) is 10.3 Å². The first-order valence-corrected chi connectivity index (χ1v) is 7.27. The Labute approximate surface area is 126 Å². The summed E-state index contributed by atoms with van der Waals surface area (Å²) in [5, 5.41) is 2.76. The van der Waals surface area contributed by atoms with Crippen LogP contribution in [0.4, 0.5) is 5.69 Å². The first kappa shape index (κ1) is 16.4. The van der Waals surface area contributed by atoms with Crippen molar-refractivity contribution in [3.8, 4) is 0 Å². The minimum absolute atomic E-state index is 0.399. The molecule has 0 saturated heterocycles. The molecule has 0 aliphatic carbocycles. The summed E-state index contributed by atoms with van der Waals surface area (Å²) in [5.74, 6) is -1.40. The van der Waals surface area contributed by atoms with E-state index in [-0.39, 0.29) is 0 Å². The highest BCUT2D eigenvalue weighted by Gasteiger charge is 2.26. The van der Waals surface area contributed by atoms with Crippen molar-refractivity contribution in [3.05, 3.63) is 29.8 Å². The Morgan fingerprint density at radius 1 is 0.950 bits per heavy atom. The fourth-order valence-corrected chi connectivity index (χ4v) is 2.31. The first-order valence-electron chi connectivity index (χ1n) is 6.15. The van der Waals surface area contributed by atoms with Gasteiger partial charge in [-0.1, -0.05) is 28.1 Å². The van der Waals surface area contributed by atoms with E-state index in [1.165, 1.54) is 20.8 Å². The van der Waals surface area contributed by atoms with Crippen LogP contribution in [0.3, 0.4) is 0 Å². The third kappa shape index (κ3) is 3.90. The summed E-state index contributed by atoms with van der Waals surface area (Å²) in [4.78, 5) is 34.9. The average Bonchev–Trinajstić information content (AvgIpc) is 2.36. The average molecular weight is 341 g/mol. The molecule has 0 aliphatic heterocycles. The van der Waals surface area contributed by atoms with Gasteiger partial charge in [0.2, 0.25) is 17.7 Å². The zero-order chi connectivity index (χ0) is 15.3. The summed E-state index contributed by atoms with van der Waals surface area (Å²) in [6.45, 7) is 3.80. The van der Waals surface area contributed by atoms with E-state index in [1.807, 2.05) is 12.1 Å². The van der Waals surface area contributed by atoms with E-state index in [0.717, 1.165) is 27.3 Å². The predicted octanol–water partition coefficient (Wildman–Crippen LogP) is 2.29. The van der Waals surface area contributed by atoms with E-state index in [1.54, 1.807) is 12.1 Å². The van der Waals surface area contributed by atoms with E-state index in [2.05, 4.69) is 15.9 Å². The standard InChI is InChI=1S/C14H17BrN2O3/c1-10(18)16(11(2)19)17(12(3)20)14-6-4-13(5-7-14)8-9-15/h4-7H,8-9H2,1-3H3. The fourth-order valence-electron chi connectivity index (χ4n) is 1.85. The molecule has 0 bridgehead atoms. The van der Waals surface area contributed by atoms with Crippen LogP contribution < -0.4 is 5.01 Å². The Hall–Kier alpha value is -1.69. The Bertz CT molecular complexity index is 500. The van der Waals surface area contributed by atoms with Crippen LogP contribution in [0.1, 0.15) is 26.3 Å². The molecule has 0 unspecified atom stereocenters. The van der Waals surface area contributed by atoms with Crippen molar-refractivity contribution in [1.82, 2.24) is 5.01 Å². The molecule has 0 aromatic heterocycles. The summed E-state index contributed by atoms with van der Waals surface area (Å²) >= 11 is 3.36. The Morgan fingerprint density at radius 3 is 1.80 bits per heavy atom. The number of carbonyl (C=O) groups excluding carboxylic acids is 3. The maximum absolute atomic E-state index is 11.8. The van der Waals surface area contributed by atoms with Crippen molar-refractivity contribution in [1.29, 1.82) is 0 Å². The lowest BCUT2D eigenvalue weighted by Crippen LogP contribution is -2.51. The summed E-state index contributed by atoms with van der Waals surface area (Å²) in [5.41, 5.74) is 1.59. The quantitative estimate of drug-likeness (QED) is 0.626. The summed E-state index contributed by atoms with van der Waals surface area (Å²) in [6.07, 6.45) is 0.865. The van der Waals surface area contributed by atoms with Gasteiger partial charge in [0.25, 0.3) is 0 Å². The number of hydrogen-bond acceptors (Lipinski definition) is 3. The van der Waals surface area contributed by atoms with Crippen molar-refractivity contribution >= 4 is 39.3 Å². The van der Waals surface area contributed by atoms with Gasteiger partial charge in [0.1, 0.15) is 0 Å². The number of carbonyl (C=O) groups is 3. The molecular weight excluding hydrogens is 324 g/mol. The number of imide groups is 1. The third-order valence-electron chi connectivity index (χ3n) is 2.66. The minimum atomic E-state index is -0.503. The van der Waals surface area contributed by atoms with E-state index in [4.69, 9.17) is 0 Å². The molecule has 5 nitrogen and oxygen atoms in total. The third-order valence-corrected chi connectivity index (χ3v) is 3.06. The Morgan fingerprint density at radius 2 is 1.45 bits per heavy atom. The van der Waals surface area contributed by atoms with Gasteiger partial charge in [-0.3, -0.25) is 14.4 Å². The van der Waals surface area contributed by atoms with Gasteiger partial charge in [-0.2, -0.15) is 5.01 Å². The maximum Gasteiger partial charge on any atom is 0.245 e. The van der Waals surface area contributed by atoms with Crippen molar-refractivity contribution in [2.24, 2.45) is 0 Å². The monoisotopic (exact) mass is 340 g/mol. The highest BCUT2D eigenvalue weighted by Crippen LogP contribution is 2.19. The smallest absolute Gasteiger partial charge is 0.245 e. The number of alkyl halides is 1. The van der Waals surface area contributed by atoms with Gasteiger partial charge in [-0.25, -0.2) is 5.01 Å². The maximum atomic E-state index is 11.8. The van der Waals surface area contributed by atoms with Gasteiger partial charge < -0.3 is 0 Å². The molecule has 108 valence electrons. The lowest BCUT2D eigenvalue weighted by Gasteiger charge is -2.30. The molecule has 6 heteroatoms. The van der Waals surface area contributed by atoms with Crippen LogP contribution in [0.25, 0.3) is 0 Å². The molecule has 1 aromatic carbocycles. The van der Waals surface area contributed by atoms with Crippen LogP contribution in [0.15, 0.2) is 24.3 Å². The first-order chi connectivity index (χ1) is 9.38.